The van der Waals surface area contributed by atoms with Crippen LogP contribution < -0.4 is 5.32 Å². The quantitative estimate of drug-likeness (QED) is 0.911. The van der Waals surface area contributed by atoms with E-state index in [-0.39, 0.29) is 5.91 Å². The SMILES string of the molecule is Cc1c(Br)cccc1C(=O)NCCc1ccsc1. The van der Waals surface area contributed by atoms with Gasteiger partial charge in [0.25, 0.3) is 5.91 Å². The lowest BCUT2D eigenvalue weighted by Crippen LogP contribution is -2.26. The second-order valence-electron chi connectivity index (χ2n) is 4.05. The molecule has 0 bridgehead atoms. The number of rotatable bonds is 4. The van der Waals surface area contributed by atoms with E-state index in [0.717, 1.165) is 22.0 Å². The van der Waals surface area contributed by atoms with Crippen molar-refractivity contribution in [2.75, 3.05) is 6.54 Å². The van der Waals surface area contributed by atoms with Gasteiger partial charge in [0.2, 0.25) is 0 Å². The Hall–Kier alpha value is -1.13. The molecule has 4 heteroatoms. The van der Waals surface area contributed by atoms with Crippen molar-refractivity contribution in [2.45, 2.75) is 13.3 Å². The summed E-state index contributed by atoms with van der Waals surface area (Å²) in [6.45, 7) is 2.61. The Morgan fingerprint density at radius 1 is 1.39 bits per heavy atom. The van der Waals surface area contributed by atoms with E-state index in [1.165, 1.54) is 5.56 Å². The van der Waals surface area contributed by atoms with Crippen molar-refractivity contribution >= 4 is 33.2 Å². The number of carbonyl (C=O) groups is 1. The molecule has 0 fully saturated rings. The Balaban J connectivity index is 1.93. The molecule has 0 aliphatic rings. The van der Waals surface area contributed by atoms with Crippen LogP contribution in [0.5, 0.6) is 0 Å². The number of nitrogens with one attached hydrogen (secondary N) is 1. The first-order valence-electron chi connectivity index (χ1n) is 5.73. The van der Waals surface area contributed by atoms with Gasteiger partial charge in [0.1, 0.15) is 0 Å². The molecule has 0 aliphatic carbocycles. The van der Waals surface area contributed by atoms with Crippen LogP contribution in [0.25, 0.3) is 0 Å². The molecular formula is C14H14BrNOS. The highest BCUT2D eigenvalue weighted by Gasteiger charge is 2.09. The highest BCUT2D eigenvalue weighted by molar-refractivity contribution is 9.10. The summed E-state index contributed by atoms with van der Waals surface area (Å²) >= 11 is 5.12. The second kappa shape index (κ2) is 6.16. The third-order valence-electron chi connectivity index (χ3n) is 2.79. The van der Waals surface area contributed by atoms with Crippen LogP contribution in [0.15, 0.2) is 39.5 Å². The van der Waals surface area contributed by atoms with E-state index in [0.29, 0.717) is 6.54 Å². The summed E-state index contributed by atoms with van der Waals surface area (Å²) in [5, 5.41) is 7.11. The summed E-state index contributed by atoms with van der Waals surface area (Å²) in [5.41, 5.74) is 2.98. The van der Waals surface area contributed by atoms with Gasteiger partial charge in [-0.1, -0.05) is 22.0 Å². The first-order chi connectivity index (χ1) is 8.68. The molecule has 1 aromatic heterocycles. The molecule has 0 aliphatic heterocycles. The maximum Gasteiger partial charge on any atom is 0.251 e. The minimum absolute atomic E-state index is 0.0102. The molecular weight excluding hydrogens is 310 g/mol. The maximum atomic E-state index is 12.0. The summed E-state index contributed by atoms with van der Waals surface area (Å²) in [4.78, 5) is 12.0. The third kappa shape index (κ3) is 3.21. The molecule has 1 amide bonds. The molecule has 1 aromatic carbocycles. The van der Waals surface area contributed by atoms with E-state index in [4.69, 9.17) is 0 Å². The van der Waals surface area contributed by atoms with Gasteiger partial charge < -0.3 is 5.32 Å². The molecule has 0 unspecified atom stereocenters. The smallest absolute Gasteiger partial charge is 0.251 e. The Morgan fingerprint density at radius 3 is 2.94 bits per heavy atom. The maximum absolute atomic E-state index is 12.0. The second-order valence-corrected chi connectivity index (χ2v) is 5.68. The van der Waals surface area contributed by atoms with Crippen molar-refractivity contribution in [1.82, 2.24) is 5.32 Å². The average molecular weight is 324 g/mol. The number of hydrogen-bond acceptors (Lipinski definition) is 2. The predicted octanol–water partition coefficient (Wildman–Crippen LogP) is 3.79. The molecule has 0 saturated heterocycles. The summed E-state index contributed by atoms with van der Waals surface area (Å²) in [6.07, 6.45) is 0.877. The summed E-state index contributed by atoms with van der Waals surface area (Å²) in [5.74, 6) is -0.0102. The van der Waals surface area contributed by atoms with Gasteiger partial charge in [0, 0.05) is 16.6 Å². The lowest BCUT2D eigenvalue weighted by atomic mass is 10.1. The first-order valence-corrected chi connectivity index (χ1v) is 7.46. The van der Waals surface area contributed by atoms with Gasteiger partial charge in [-0.05, 0) is 53.4 Å². The van der Waals surface area contributed by atoms with Gasteiger partial charge in [0.15, 0.2) is 0 Å². The standard InChI is InChI=1S/C14H14BrNOS/c1-10-12(3-2-4-13(10)15)14(17)16-7-5-11-6-8-18-9-11/h2-4,6,8-9H,5,7H2,1H3,(H,16,17). The number of carbonyl (C=O) groups excluding carboxylic acids is 1. The fourth-order valence-electron chi connectivity index (χ4n) is 1.70. The molecule has 2 nitrogen and oxygen atoms in total. The Labute approximate surface area is 119 Å². The van der Waals surface area contributed by atoms with Crippen molar-refractivity contribution in [1.29, 1.82) is 0 Å². The molecule has 0 spiro atoms. The fourth-order valence-corrected chi connectivity index (χ4v) is 2.77. The number of thiophene rings is 1. The van der Waals surface area contributed by atoms with Gasteiger partial charge in [-0.2, -0.15) is 11.3 Å². The Bertz CT molecular complexity index is 537. The average Bonchev–Trinajstić information content (AvgIpc) is 2.85. The monoisotopic (exact) mass is 323 g/mol. The summed E-state index contributed by atoms with van der Waals surface area (Å²) in [7, 11) is 0. The van der Waals surface area contributed by atoms with Gasteiger partial charge >= 0.3 is 0 Å². The van der Waals surface area contributed by atoms with Crippen LogP contribution in [0.3, 0.4) is 0 Å². The zero-order valence-electron chi connectivity index (χ0n) is 10.1. The predicted molar refractivity (Wildman–Crippen MR) is 79.2 cm³/mol. The largest absolute Gasteiger partial charge is 0.352 e. The molecule has 1 heterocycles. The van der Waals surface area contributed by atoms with Crippen LogP contribution in [-0.2, 0) is 6.42 Å². The van der Waals surface area contributed by atoms with Crippen molar-refractivity contribution < 1.29 is 4.79 Å². The van der Waals surface area contributed by atoms with Gasteiger partial charge in [-0.25, -0.2) is 0 Å². The molecule has 2 rings (SSSR count). The molecule has 1 N–H and O–H groups in total. The van der Waals surface area contributed by atoms with E-state index >= 15 is 0 Å². The number of hydrogen-bond donors (Lipinski definition) is 1. The number of benzene rings is 1. The molecule has 18 heavy (non-hydrogen) atoms. The van der Waals surface area contributed by atoms with Crippen molar-refractivity contribution in [3.8, 4) is 0 Å². The van der Waals surface area contributed by atoms with E-state index in [1.807, 2.05) is 25.1 Å². The topological polar surface area (TPSA) is 29.1 Å². The molecule has 0 saturated carbocycles. The summed E-state index contributed by atoms with van der Waals surface area (Å²) in [6, 6.07) is 7.75. The minimum atomic E-state index is -0.0102. The van der Waals surface area contributed by atoms with Crippen molar-refractivity contribution in [3.63, 3.8) is 0 Å². The number of amides is 1. The van der Waals surface area contributed by atoms with E-state index < -0.39 is 0 Å². The van der Waals surface area contributed by atoms with Crippen LogP contribution in [0.4, 0.5) is 0 Å². The Morgan fingerprint density at radius 2 is 2.22 bits per heavy atom. The molecule has 94 valence electrons. The zero-order chi connectivity index (χ0) is 13.0. The fraction of sp³-hybridized carbons (Fsp3) is 0.214. The van der Waals surface area contributed by atoms with Crippen LogP contribution >= 0.6 is 27.3 Å². The molecule has 2 aromatic rings. The Kier molecular flexibility index (Phi) is 4.55. The zero-order valence-corrected chi connectivity index (χ0v) is 12.5. The van der Waals surface area contributed by atoms with Crippen LogP contribution in [0.2, 0.25) is 0 Å². The highest BCUT2D eigenvalue weighted by Crippen LogP contribution is 2.19. The van der Waals surface area contributed by atoms with Crippen LogP contribution in [0, 0.1) is 6.92 Å². The van der Waals surface area contributed by atoms with Crippen molar-refractivity contribution in [2.24, 2.45) is 0 Å². The van der Waals surface area contributed by atoms with Crippen LogP contribution in [0.1, 0.15) is 21.5 Å². The lowest BCUT2D eigenvalue weighted by molar-refractivity contribution is 0.0953. The first kappa shape index (κ1) is 13.3. The van der Waals surface area contributed by atoms with Gasteiger partial charge in [-0.15, -0.1) is 0 Å². The molecule has 0 radical (unpaired) electrons. The lowest BCUT2D eigenvalue weighted by Gasteiger charge is -2.08. The number of halogens is 1. The van der Waals surface area contributed by atoms with E-state index in [9.17, 15) is 4.79 Å². The van der Waals surface area contributed by atoms with Crippen LogP contribution in [-0.4, -0.2) is 12.5 Å². The highest BCUT2D eigenvalue weighted by atomic mass is 79.9. The normalized spacial score (nSPS) is 10.3. The minimum Gasteiger partial charge on any atom is -0.352 e. The van der Waals surface area contributed by atoms with E-state index in [2.05, 4.69) is 38.1 Å². The van der Waals surface area contributed by atoms with Gasteiger partial charge in [-0.3, -0.25) is 4.79 Å². The third-order valence-corrected chi connectivity index (χ3v) is 4.38. The summed E-state index contributed by atoms with van der Waals surface area (Å²) < 4.78 is 0.966. The van der Waals surface area contributed by atoms with Crippen molar-refractivity contribution in [3.05, 3.63) is 56.2 Å². The molecule has 0 atom stereocenters. The van der Waals surface area contributed by atoms with Gasteiger partial charge in [0.05, 0.1) is 0 Å². The van der Waals surface area contributed by atoms with E-state index in [1.54, 1.807) is 11.3 Å².